The highest BCUT2D eigenvalue weighted by atomic mass is 32.2. The van der Waals surface area contributed by atoms with Crippen LogP contribution in [-0.4, -0.2) is 69.5 Å². The number of nitrogens with zero attached hydrogens (tertiary/aromatic N) is 6. The summed E-state index contributed by atoms with van der Waals surface area (Å²) in [5, 5.41) is 8.24. The second-order valence-electron chi connectivity index (χ2n) is 6.75. The number of benzene rings is 1. The Kier molecular flexibility index (Phi) is 5.45. The van der Waals surface area contributed by atoms with E-state index in [1.165, 1.54) is 0 Å². The lowest BCUT2D eigenvalue weighted by Crippen LogP contribution is -2.49. The molecule has 0 aliphatic carbocycles. The lowest BCUT2D eigenvalue weighted by Gasteiger charge is -2.35. The first-order chi connectivity index (χ1) is 13.6. The number of carbonyl (C=O) groups excluding carboxylic acids is 1. The van der Waals surface area contributed by atoms with Crippen LogP contribution in [0.4, 0.5) is 11.5 Å². The molecule has 8 nitrogen and oxygen atoms in total. The number of rotatable bonds is 5. The van der Waals surface area contributed by atoms with E-state index < -0.39 is 0 Å². The average molecular weight is 398 g/mol. The molecule has 0 bridgehead atoms. The molecular formula is C19H23N7OS. The van der Waals surface area contributed by atoms with Crippen LogP contribution in [0.25, 0.3) is 11.0 Å². The number of anilines is 2. The molecule has 1 aliphatic heterocycles. The summed E-state index contributed by atoms with van der Waals surface area (Å²) in [5.41, 5.74) is 1.68. The fourth-order valence-electron chi connectivity index (χ4n) is 3.42. The number of aryl methyl sites for hydroxylation is 1. The number of aromatic nitrogens is 4. The topological polar surface area (TPSA) is 79.2 Å². The Morgan fingerprint density at radius 1 is 1.21 bits per heavy atom. The van der Waals surface area contributed by atoms with Gasteiger partial charge in [-0.15, -0.1) is 11.8 Å². The van der Waals surface area contributed by atoms with Crippen molar-refractivity contribution >= 4 is 40.2 Å². The van der Waals surface area contributed by atoms with E-state index in [4.69, 9.17) is 0 Å². The van der Waals surface area contributed by atoms with Gasteiger partial charge in [0.25, 0.3) is 0 Å². The number of thioether (sulfide) groups is 1. The van der Waals surface area contributed by atoms with E-state index in [9.17, 15) is 4.79 Å². The average Bonchev–Trinajstić information content (AvgIpc) is 3.10. The number of hydrogen-bond donors (Lipinski definition) is 1. The first-order valence-corrected chi connectivity index (χ1v) is 10.4. The Balaban J connectivity index is 1.34. The number of amides is 1. The van der Waals surface area contributed by atoms with Gasteiger partial charge in [-0.3, -0.25) is 14.4 Å². The molecule has 1 saturated heterocycles. The molecule has 1 aromatic carbocycles. The van der Waals surface area contributed by atoms with Gasteiger partial charge < -0.3 is 10.2 Å². The highest BCUT2D eigenvalue weighted by molar-refractivity contribution is 7.98. The Bertz CT molecular complexity index is 981. The van der Waals surface area contributed by atoms with Gasteiger partial charge in [0.2, 0.25) is 5.91 Å². The maximum atomic E-state index is 12.4. The van der Waals surface area contributed by atoms with Crippen LogP contribution in [0.5, 0.6) is 0 Å². The number of piperazine rings is 1. The van der Waals surface area contributed by atoms with Crippen molar-refractivity contribution < 1.29 is 4.79 Å². The van der Waals surface area contributed by atoms with Crippen LogP contribution in [0.3, 0.4) is 0 Å². The zero-order valence-corrected chi connectivity index (χ0v) is 16.8. The quantitative estimate of drug-likeness (QED) is 0.658. The number of hydrogen-bond acceptors (Lipinski definition) is 7. The van der Waals surface area contributed by atoms with Crippen LogP contribution in [-0.2, 0) is 11.8 Å². The Labute approximate surface area is 167 Å². The molecule has 9 heteroatoms. The Morgan fingerprint density at radius 3 is 2.82 bits per heavy atom. The van der Waals surface area contributed by atoms with Crippen LogP contribution >= 0.6 is 11.8 Å². The van der Waals surface area contributed by atoms with Crippen molar-refractivity contribution in [2.24, 2.45) is 7.05 Å². The maximum Gasteiger partial charge on any atom is 0.238 e. The molecule has 0 spiro atoms. The molecule has 0 saturated carbocycles. The zero-order chi connectivity index (χ0) is 19.5. The number of fused-ring (bicyclic) bond motifs is 1. The van der Waals surface area contributed by atoms with Gasteiger partial charge in [0, 0.05) is 43.8 Å². The molecule has 1 N–H and O–H groups in total. The van der Waals surface area contributed by atoms with E-state index >= 15 is 0 Å². The SMILES string of the molecule is CSc1cccc(NC(=O)CN2CCN(c3ncnc4c3cnn4C)CC2)c1. The Morgan fingerprint density at radius 2 is 2.04 bits per heavy atom. The van der Waals surface area contributed by atoms with Crippen molar-refractivity contribution in [3.8, 4) is 0 Å². The van der Waals surface area contributed by atoms with Crippen molar-refractivity contribution in [2.45, 2.75) is 4.90 Å². The smallest absolute Gasteiger partial charge is 0.238 e. The van der Waals surface area contributed by atoms with Gasteiger partial charge in [0.05, 0.1) is 18.1 Å². The van der Waals surface area contributed by atoms with Crippen molar-refractivity contribution in [1.29, 1.82) is 0 Å². The summed E-state index contributed by atoms with van der Waals surface area (Å²) in [6, 6.07) is 7.91. The van der Waals surface area contributed by atoms with Gasteiger partial charge in [-0.05, 0) is 24.5 Å². The third kappa shape index (κ3) is 3.95. The lowest BCUT2D eigenvalue weighted by molar-refractivity contribution is -0.117. The molecule has 0 radical (unpaired) electrons. The second kappa shape index (κ2) is 8.15. The monoisotopic (exact) mass is 397 g/mol. The molecule has 0 atom stereocenters. The van der Waals surface area contributed by atoms with Crippen LogP contribution in [0, 0.1) is 0 Å². The van der Waals surface area contributed by atoms with E-state index in [2.05, 4.69) is 30.2 Å². The lowest BCUT2D eigenvalue weighted by atomic mass is 10.2. The van der Waals surface area contributed by atoms with Crippen molar-refractivity contribution in [3.05, 3.63) is 36.8 Å². The molecule has 1 aliphatic rings. The summed E-state index contributed by atoms with van der Waals surface area (Å²) in [7, 11) is 1.88. The van der Waals surface area contributed by atoms with Gasteiger partial charge in [-0.25, -0.2) is 9.97 Å². The summed E-state index contributed by atoms with van der Waals surface area (Å²) in [6.07, 6.45) is 5.42. The summed E-state index contributed by atoms with van der Waals surface area (Å²) < 4.78 is 1.76. The van der Waals surface area contributed by atoms with Crippen molar-refractivity contribution in [1.82, 2.24) is 24.6 Å². The van der Waals surface area contributed by atoms with Gasteiger partial charge in [0.1, 0.15) is 12.1 Å². The second-order valence-corrected chi connectivity index (χ2v) is 7.63. The first-order valence-electron chi connectivity index (χ1n) is 9.18. The number of nitrogens with one attached hydrogen (secondary N) is 1. The molecule has 3 heterocycles. The van der Waals surface area contributed by atoms with E-state index in [-0.39, 0.29) is 5.91 Å². The third-order valence-electron chi connectivity index (χ3n) is 4.90. The van der Waals surface area contributed by atoms with E-state index in [1.807, 2.05) is 43.8 Å². The van der Waals surface area contributed by atoms with Gasteiger partial charge >= 0.3 is 0 Å². The minimum absolute atomic E-state index is 0.0170. The summed E-state index contributed by atoms with van der Waals surface area (Å²) in [6.45, 7) is 3.64. The number of carbonyl (C=O) groups is 1. The molecule has 4 rings (SSSR count). The Hall–Kier alpha value is -2.65. The fourth-order valence-corrected chi connectivity index (χ4v) is 3.88. The molecule has 0 unspecified atom stereocenters. The molecular weight excluding hydrogens is 374 g/mol. The summed E-state index contributed by atoms with van der Waals surface area (Å²) in [5.74, 6) is 0.930. The fraction of sp³-hybridized carbons (Fsp3) is 0.368. The molecule has 3 aromatic rings. The molecule has 28 heavy (non-hydrogen) atoms. The van der Waals surface area contributed by atoms with E-state index in [1.54, 1.807) is 22.8 Å². The highest BCUT2D eigenvalue weighted by Crippen LogP contribution is 2.23. The van der Waals surface area contributed by atoms with E-state index in [0.29, 0.717) is 6.54 Å². The molecule has 146 valence electrons. The molecule has 1 fully saturated rings. The highest BCUT2D eigenvalue weighted by Gasteiger charge is 2.22. The van der Waals surface area contributed by atoms with Crippen LogP contribution in [0.2, 0.25) is 0 Å². The minimum atomic E-state index is 0.0170. The van der Waals surface area contributed by atoms with Crippen LogP contribution < -0.4 is 10.2 Å². The van der Waals surface area contributed by atoms with Crippen LogP contribution in [0.1, 0.15) is 0 Å². The summed E-state index contributed by atoms with van der Waals surface area (Å²) >= 11 is 1.66. The first kappa shape index (κ1) is 18.7. The largest absolute Gasteiger partial charge is 0.353 e. The normalized spacial score (nSPS) is 15.1. The van der Waals surface area contributed by atoms with Crippen molar-refractivity contribution in [3.63, 3.8) is 0 Å². The summed E-state index contributed by atoms with van der Waals surface area (Å²) in [4.78, 5) is 26.7. The minimum Gasteiger partial charge on any atom is -0.353 e. The molecule has 1 amide bonds. The van der Waals surface area contributed by atoms with Gasteiger partial charge in [-0.2, -0.15) is 5.10 Å². The molecule has 2 aromatic heterocycles. The third-order valence-corrected chi connectivity index (χ3v) is 5.63. The maximum absolute atomic E-state index is 12.4. The van der Waals surface area contributed by atoms with Crippen molar-refractivity contribution in [2.75, 3.05) is 49.2 Å². The van der Waals surface area contributed by atoms with Crippen LogP contribution in [0.15, 0.2) is 41.7 Å². The van der Waals surface area contributed by atoms with Gasteiger partial charge in [-0.1, -0.05) is 6.07 Å². The standard InChI is InChI=1S/C19H23N7OS/c1-24-18-16(11-22-24)19(21-13-20-18)26-8-6-25(7-9-26)12-17(27)23-14-4-3-5-15(10-14)28-2/h3-5,10-11,13H,6-9,12H2,1-2H3,(H,23,27). The van der Waals surface area contributed by atoms with Gasteiger partial charge in [0.15, 0.2) is 5.65 Å². The predicted octanol–water partition coefficient (Wildman–Crippen LogP) is 1.85. The van der Waals surface area contributed by atoms with E-state index in [0.717, 1.165) is 53.6 Å². The predicted molar refractivity (Wildman–Crippen MR) is 112 cm³/mol. The zero-order valence-electron chi connectivity index (χ0n) is 16.0.